The van der Waals surface area contributed by atoms with E-state index in [-0.39, 0.29) is 11.5 Å². The summed E-state index contributed by atoms with van der Waals surface area (Å²) in [5.74, 6) is -1.94. The van der Waals surface area contributed by atoms with Gasteiger partial charge in [0.2, 0.25) is 0 Å². The van der Waals surface area contributed by atoms with E-state index < -0.39 is 5.92 Å². The van der Waals surface area contributed by atoms with Gasteiger partial charge >= 0.3 is 0 Å². The van der Waals surface area contributed by atoms with Crippen molar-refractivity contribution in [2.45, 2.75) is 66.7 Å². The molecule has 2 heterocycles. The molecule has 0 aliphatic rings. The molecule has 0 aliphatic heterocycles. The Bertz CT molecular complexity index is 826. The van der Waals surface area contributed by atoms with E-state index in [2.05, 4.69) is 36.5 Å². The Morgan fingerprint density at radius 1 is 1.19 bits per heavy atom. The molecule has 0 fully saturated rings. The highest BCUT2D eigenvalue weighted by molar-refractivity contribution is 5.86. The van der Waals surface area contributed by atoms with E-state index in [1.54, 1.807) is 12.3 Å². The van der Waals surface area contributed by atoms with E-state index in [1.165, 1.54) is 31.3 Å². The van der Waals surface area contributed by atoms with Crippen LogP contribution in [0.15, 0.2) is 55.4 Å². The summed E-state index contributed by atoms with van der Waals surface area (Å²) >= 11 is 0. The number of halogens is 2. The SMILES string of the molecule is C=CC(C)=O.CC.CC/C=C(\CCC)c1ncccc1Oc1ccc(C(C)(F)F)nc1. The number of ether oxygens (including phenoxy) is 1. The highest BCUT2D eigenvalue weighted by Crippen LogP contribution is 2.32. The van der Waals surface area contributed by atoms with Gasteiger partial charge in [-0.15, -0.1) is 0 Å². The van der Waals surface area contributed by atoms with Crippen LogP contribution in [0.4, 0.5) is 8.78 Å². The average Bonchev–Trinajstić information content (AvgIpc) is 2.75. The topological polar surface area (TPSA) is 52.1 Å². The summed E-state index contributed by atoms with van der Waals surface area (Å²) in [4.78, 5) is 17.9. The second-order valence-electron chi connectivity index (χ2n) is 6.42. The number of pyridine rings is 2. The average molecular weight is 433 g/mol. The third-order valence-electron chi connectivity index (χ3n) is 3.75. The van der Waals surface area contributed by atoms with Gasteiger partial charge in [-0.3, -0.25) is 14.8 Å². The van der Waals surface area contributed by atoms with Crippen molar-refractivity contribution in [2.75, 3.05) is 0 Å². The van der Waals surface area contributed by atoms with Crippen LogP contribution in [0.1, 0.15) is 72.2 Å². The predicted molar refractivity (Wildman–Crippen MR) is 124 cm³/mol. The minimum atomic E-state index is -2.96. The molecule has 2 aromatic rings. The van der Waals surface area contributed by atoms with Crippen LogP contribution >= 0.6 is 0 Å². The summed E-state index contributed by atoms with van der Waals surface area (Å²) in [5.41, 5.74) is 1.63. The maximum absolute atomic E-state index is 13.2. The van der Waals surface area contributed by atoms with Gasteiger partial charge in [0.05, 0.1) is 6.20 Å². The van der Waals surface area contributed by atoms with Gasteiger partial charge in [-0.05, 0) is 55.7 Å². The van der Waals surface area contributed by atoms with E-state index in [4.69, 9.17) is 4.74 Å². The Kier molecular flexibility index (Phi) is 13.6. The first-order valence-electron chi connectivity index (χ1n) is 10.5. The molecule has 0 saturated carbocycles. The number of allylic oxidation sites excluding steroid dienone is 3. The van der Waals surface area contributed by atoms with Gasteiger partial charge in [0.25, 0.3) is 5.92 Å². The summed E-state index contributed by atoms with van der Waals surface area (Å²) in [5, 5.41) is 0. The molecule has 170 valence electrons. The molecule has 0 spiro atoms. The highest BCUT2D eigenvalue weighted by atomic mass is 19.3. The Morgan fingerprint density at radius 2 is 1.84 bits per heavy atom. The molecule has 0 N–H and O–H groups in total. The van der Waals surface area contributed by atoms with Gasteiger partial charge in [-0.1, -0.05) is 46.8 Å². The smallest absolute Gasteiger partial charge is 0.286 e. The summed E-state index contributed by atoms with van der Waals surface area (Å²) in [6.07, 6.45) is 9.27. The van der Waals surface area contributed by atoms with Crippen LogP contribution in [0.5, 0.6) is 11.5 Å². The van der Waals surface area contributed by atoms with Crippen LogP contribution < -0.4 is 4.74 Å². The number of rotatable bonds is 8. The first kappa shape index (κ1) is 28.1. The number of hydrogen-bond donors (Lipinski definition) is 0. The largest absolute Gasteiger partial charge is 0.453 e. The third-order valence-corrected chi connectivity index (χ3v) is 3.75. The van der Waals surface area contributed by atoms with Crippen LogP contribution in [-0.2, 0) is 10.7 Å². The van der Waals surface area contributed by atoms with Gasteiger partial charge in [-0.25, -0.2) is 0 Å². The lowest BCUT2D eigenvalue weighted by molar-refractivity contribution is -0.112. The highest BCUT2D eigenvalue weighted by Gasteiger charge is 2.25. The van der Waals surface area contributed by atoms with Crippen molar-refractivity contribution in [3.8, 4) is 11.5 Å². The molecule has 4 nitrogen and oxygen atoms in total. The summed E-state index contributed by atoms with van der Waals surface area (Å²) in [6.45, 7) is 13.7. The molecule has 0 bridgehead atoms. The molecule has 2 aromatic heterocycles. The monoisotopic (exact) mass is 432 g/mol. The zero-order valence-electron chi connectivity index (χ0n) is 19.4. The van der Waals surface area contributed by atoms with E-state index >= 15 is 0 Å². The van der Waals surface area contributed by atoms with Crippen LogP contribution in [0.3, 0.4) is 0 Å². The molecule has 0 unspecified atom stereocenters. The van der Waals surface area contributed by atoms with Gasteiger partial charge in [0, 0.05) is 13.1 Å². The number of nitrogens with zero attached hydrogens (tertiary/aromatic N) is 2. The Balaban J connectivity index is 0.00000113. The molecule has 0 saturated heterocycles. The Hall–Kier alpha value is -2.89. The fraction of sp³-hybridized carbons (Fsp3) is 0.400. The first-order chi connectivity index (χ1) is 14.7. The molecule has 0 radical (unpaired) electrons. The first-order valence-corrected chi connectivity index (χ1v) is 10.5. The predicted octanol–water partition coefficient (Wildman–Crippen LogP) is 7.76. The van der Waals surface area contributed by atoms with Crippen LogP contribution in [0.2, 0.25) is 0 Å². The van der Waals surface area contributed by atoms with Crippen molar-refractivity contribution < 1.29 is 18.3 Å². The molecule has 0 atom stereocenters. The minimum absolute atomic E-state index is 0.0185. The fourth-order valence-electron chi connectivity index (χ4n) is 2.37. The maximum atomic E-state index is 13.2. The van der Waals surface area contributed by atoms with Gasteiger partial charge in [0.15, 0.2) is 11.5 Å². The van der Waals surface area contributed by atoms with E-state index in [0.29, 0.717) is 11.5 Å². The number of alkyl halides is 2. The molecule has 0 aliphatic carbocycles. The van der Waals surface area contributed by atoms with Crippen molar-refractivity contribution in [2.24, 2.45) is 0 Å². The Labute approximate surface area is 185 Å². The third kappa shape index (κ3) is 10.6. The quantitative estimate of drug-likeness (QED) is 0.400. The lowest BCUT2D eigenvalue weighted by atomic mass is 10.0. The second-order valence-corrected chi connectivity index (χ2v) is 6.42. The molecule has 31 heavy (non-hydrogen) atoms. The van der Waals surface area contributed by atoms with E-state index in [1.807, 2.05) is 19.9 Å². The van der Waals surface area contributed by atoms with Gasteiger partial charge in [0.1, 0.15) is 17.1 Å². The van der Waals surface area contributed by atoms with E-state index in [9.17, 15) is 13.6 Å². The summed E-state index contributed by atoms with van der Waals surface area (Å²) in [6, 6.07) is 6.39. The molecular formula is C25H34F2N2O2. The molecule has 0 amide bonds. The normalized spacial score (nSPS) is 10.8. The second kappa shape index (κ2) is 15.0. The van der Waals surface area contributed by atoms with Gasteiger partial charge in [-0.2, -0.15) is 8.78 Å². The number of ketones is 1. The van der Waals surface area contributed by atoms with Crippen molar-refractivity contribution in [3.63, 3.8) is 0 Å². The zero-order chi connectivity index (χ0) is 23.9. The number of hydrogen-bond acceptors (Lipinski definition) is 4. The van der Waals surface area contributed by atoms with Crippen molar-refractivity contribution in [3.05, 3.63) is 66.8 Å². The molecule has 6 heteroatoms. The molecular weight excluding hydrogens is 398 g/mol. The fourth-order valence-corrected chi connectivity index (χ4v) is 2.37. The van der Waals surface area contributed by atoms with Crippen LogP contribution in [0.25, 0.3) is 5.57 Å². The minimum Gasteiger partial charge on any atom is -0.453 e. The maximum Gasteiger partial charge on any atom is 0.286 e. The number of aromatic nitrogens is 2. The van der Waals surface area contributed by atoms with Crippen LogP contribution in [0, 0.1) is 0 Å². The summed E-state index contributed by atoms with van der Waals surface area (Å²) in [7, 11) is 0. The van der Waals surface area contributed by atoms with Gasteiger partial charge < -0.3 is 4.74 Å². The lowest BCUT2D eigenvalue weighted by Gasteiger charge is -2.13. The summed E-state index contributed by atoms with van der Waals surface area (Å²) < 4.78 is 32.3. The molecule has 0 aromatic carbocycles. The van der Waals surface area contributed by atoms with Crippen LogP contribution in [-0.4, -0.2) is 15.8 Å². The van der Waals surface area contributed by atoms with E-state index in [0.717, 1.165) is 37.5 Å². The standard InChI is InChI=1S/C19H22F2N2O.C4H6O.C2H6/c1-4-7-14(8-5-2)18-16(9-6-12-22-18)24-15-10-11-17(23-13-15)19(3,20)21;1-3-4(2)5;1-2/h6-7,9-13H,4-5,8H2,1-3H3;3H,1H2,2H3;1-2H3/b14-7+;;. The van der Waals surface area contributed by atoms with Crippen molar-refractivity contribution in [1.82, 2.24) is 9.97 Å². The number of carbonyl (C=O) groups excluding carboxylic acids is 1. The zero-order valence-corrected chi connectivity index (χ0v) is 19.4. The molecule has 2 rings (SSSR count). The Morgan fingerprint density at radius 3 is 2.29 bits per heavy atom. The number of carbonyl (C=O) groups is 1. The van der Waals surface area contributed by atoms with Crippen molar-refractivity contribution >= 4 is 11.4 Å². The van der Waals surface area contributed by atoms with Crippen molar-refractivity contribution in [1.29, 1.82) is 0 Å². The lowest BCUT2D eigenvalue weighted by Crippen LogP contribution is -2.09.